The van der Waals surface area contributed by atoms with E-state index in [0.717, 1.165) is 17.3 Å². The fourth-order valence-electron chi connectivity index (χ4n) is 2.69. The quantitative estimate of drug-likeness (QED) is 0.867. The van der Waals surface area contributed by atoms with Gasteiger partial charge in [0.15, 0.2) is 0 Å². The molecule has 1 aromatic rings. The normalized spacial score (nSPS) is 19.3. The van der Waals surface area contributed by atoms with Crippen LogP contribution in [0.25, 0.3) is 0 Å². The number of rotatable bonds is 6. The van der Waals surface area contributed by atoms with Gasteiger partial charge in [-0.25, -0.2) is 0 Å². The van der Waals surface area contributed by atoms with Gasteiger partial charge in [-0.05, 0) is 56.8 Å². The highest BCUT2D eigenvalue weighted by molar-refractivity contribution is 9.10. The molecule has 0 spiro atoms. The van der Waals surface area contributed by atoms with E-state index in [4.69, 9.17) is 4.74 Å². The van der Waals surface area contributed by atoms with E-state index >= 15 is 0 Å². The van der Waals surface area contributed by atoms with Gasteiger partial charge in [-0.3, -0.25) is 0 Å². The second-order valence-corrected chi connectivity index (χ2v) is 6.18. The van der Waals surface area contributed by atoms with Crippen molar-refractivity contribution in [2.75, 3.05) is 14.2 Å². The molecule has 1 N–H and O–H groups in total. The number of nitrogens with one attached hydrogen (secondary N) is 1. The lowest BCUT2D eigenvalue weighted by molar-refractivity contribution is -0.0830. The van der Waals surface area contributed by atoms with Crippen LogP contribution in [0.2, 0.25) is 0 Å². The van der Waals surface area contributed by atoms with Crippen LogP contribution in [-0.4, -0.2) is 25.8 Å². The monoisotopic (exact) mass is 311 g/mol. The summed E-state index contributed by atoms with van der Waals surface area (Å²) in [6, 6.07) is 9.09. The summed E-state index contributed by atoms with van der Waals surface area (Å²) in [5, 5.41) is 3.43. The Morgan fingerprint density at radius 1 is 1.33 bits per heavy atom. The molecule has 1 saturated carbocycles. The molecule has 100 valence electrons. The van der Waals surface area contributed by atoms with E-state index in [1.807, 2.05) is 14.2 Å². The van der Waals surface area contributed by atoms with Crippen molar-refractivity contribution in [3.05, 3.63) is 34.3 Å². The first kappa shape index (κ1) is 14.0. The first-order valence-corrected chi connectivity index (χ1v) is 7.44. The molecule has 0 amide bonds. The summed E-state index contributed by atoms with van der Waals surface area (Å²) < 4.78 is 6.85. The van der Waals surface area contributed by atoms with Crippen molar-refractivity contribution in [2.24, 2.45) is 0 Å². The van der Waals surface area contributed by atoms with E-state index in [2.05, 4.69) is 45.5 Å². The maximum Gasteiger partial charge on any atom is 0.0693 e. The van der Waals surface area contributed by atoms with Gasteiger partial charge < -0.3 is 10.1 Å². The lowest BCUT2D eigenvalue weighted by Gasteiger charge is -2.42. The van der Waals surface area contributed by atoms with Crippen LogP contribution in [0.1, 0.15) is 31.2 Å². The molecular weight excluding hydrogens is 290 g/mol. The summed E-state index contributed by atoms with van der Waals surface area (Å²) in [7, 11) is 3.90. The van der Waals surface area contributed by atoms with Gasteiger partial charge in [0, 0.05) is 17.6 Å². The van der Waals surface area contributed by atoms with E-state index in [1.54, 1.807) is 0 Å². The lowest BCUT2D eigenvalue weighted by atomic mass is 9.75. The second kappa shape index (κ2) is 6.18. The van der Waals surface area contributed by atoms with E-state index in [9.17, 15) is 0 Å². The van der Waals surface area contributed by atoms with Gasteiger partial charge in [-0.2, -0.15) is 0 Å². The molecule has 0 saturated heterocycles. The average Bonchev–Trinajstić information content (AvgIpc) is 2.35. The van der Waals surface area contributed by atoms with Gasteiger partial charge in [0.1, 0.15) is 0 Å². The Kier molecular flexibility index (Phi) is 4.82. The second-order valence-electron chi connectivity index (χ2n) is 5.26. The highest BCUT2D eigenvalue weighted by Gasteiger charge is 2.38. The van der Waals surface area contributed by atoms with Crippen molar-refractivity contribution in [3.8, 4) is 0 Å². The van der Waals surface area contributed by atoms with Crippen LogP contribution < -0.4 is 5.32 Å². The fraction of sp³-hybridized carbons (Fsp3) is 0.600. The number of hydrogen-bond donors (Lipinski definition) is 1. The van der Waals surface area contributed by atoms with Crippen molar-refractivity contribution >= 4 is 15.9 Å². The van der Waals surface area contributed by atoms with Crippen LogP contribution in [0.4, 0.5) is 0 Å². The van der Waals surface area contributed by atoms with Crippen molar-refractivity contribution < 1.29 is 4.74 Å². The van der Waals surface area contributed by atoms with E-state index in [0.29, 0.717) is 6.04 Å². The Balaban J connectivity index is 1.94. The zero-order valence-electron chi connectivity index (χ0n) is 11.2. The van der Waals surface area contributed by atoms with E-state index in [-0.39, 0.29) is 5.60 Å². The Labute approximate surface area is 118 Å². The number of methoxy groups -OCH3 is 1. The molecule has 2 rings (SSSR count). The molecule has 1 atom stereocenters. The summed E-state index contributed by atoms with van der Waals surface area (Å²) in [6.07, 6.45) is 5.90. The van der Waals surface area contributed by atoms with Crippen LogP contribution in [0.5, 0.6) is 0 Å². The van der Waals surface area contributed by atoms with E-state index < -0.39 is 0 Å². The first-order valence-electron chi connectivity index (χ1n) is 6.64. The minimum absolute atomic E-state index is 0.142. The first-order chi connectivity index (χ1) is 8.67. The molecule has 0 bridgehead atoms. The summed E-state index contributed by atoms with van der Waals surface area (Å²) in [6.45, 7) is 0. The van der Waals surface area contributed by atoms with Crippen LogP contribution >= 0.6 is 15.9 Å². The SMILES string of the molecule is CNC(Cc1ccc(Br)cc1)CC1(OC)CCC1. The number of likely N-dealkylation sites (N-methyl/N-ethyl adjacent to an activating group) is 1. The number of hydrogen-bond acceptors (Lipinski definition) is 2. The molecule has 18 heavy (non-hydrogen) atoms. The minimum Gasteiger partial charge on any atom is -0.378 e. The molecule has 0 aliphatic heterocycles. The van der Waals surface area contributed by atoms with Crippen LogP contribution in [0.3, 0.4) is 0 Å². The van der Waals surface area contributed by atoms with Gasteiger partial charge in [0.2, 0.25) is 0 Å². The summed E-state index contributed by atoms with van der Waals surface area (Å²) in [4.78, 5) is 0. The van der Waals surface area contributed by atoms with Gasteiger partial charge in [0.25, 0.3) is 0 Å². The van der Waals surface area contributed by atoms with Crippen molar-refractivity contribution in [3.63, 3.8) is 0 Å². The Morgan fingerprint density at radius 2 is 2.00 bits per heavy atom. The predicted octanol–water partition coefficient (Wildman–Crippen LogP) is 3.54. The maximum absolute atomic E-state index is 5.72. The molecule has 0 radical (unpaired) electrons. The van der Waals surface area contributed by atoms with Crippen molar-refractivity contribution in [1.82, 2.24) is 5.32 Å². The summed E-state index contributed by atoms with van der Waals surface area (Å²) in [5.74, 6) is 0. The smallest absolute Gasteiger partial charge is 0.0693 e. The molecule has 2 nitrogen and oxygen atoms in total. The van der Waals surface area contributed by atoms with Gasteiger partial charge in [0.05, 0.1) is 5.60 Å². The third kappa shape index (κ3) is 3.34. The zero-order valence-corrected chi connectivity index (χ0v) is 12.8. The Morgan fingerprint density at radius 3 is 2.44 bits per heavy atom. The molecule has 1 aliphatic carbocycles. The van der Waals surface area contributed by atoms with Crippen molar-refractivity contribution in [1.29, 1.82) is 0 Å². The number of benzene rings is 1. The molecule has 0 aromatic heterocycles. The largest absolute Gasteiger partial charge is 0.378 e. The molecule has 1 fully saturated rings. The molecular formula is C15H22BrNO. The third-order valence-electron chi connectivity index (χ3n) is 4.12. The summed E-state index contributed by atoms with van der Waals surface area (Å²) in [5.41, 5.74) is 1.52. The number of halogens is 1. The minimum atomic E-state index is 0.142. The lowest BCUT2D eigenvalue weighted by Crippen LogP contribution is -2.45. The zero-order chi connectivity index (χ0) is 13.0. The van der Waals surface area contributed by atoms with Gasteiger partial charge in [-0.15, -0.1) is 0 Å². The maximum atomic E-state index is 5.72. The van der Waals surface area contributed by atoms with Crippen LogP contribution in [0.15, 0.2) is 28.7 Å². The fourth-order valence-corrected chi connectivity index (χ4v) is 2.96. The molecule has 3 heteroatoms. The summed E-state index contributed by atoms with van der Waals surface area (Å²) >= 11 is 3.47. The average molecular weight is 312 g/mol. The van der Waals surface area contributed by atoms with Crippen molar-refractivity contribution in [2.45, 2.75) is 43.7 Å². The van der Waals surface area contributed by atoms with Gasteiger partial charge in [-0.1, -0.05) is 28.1 Å². The van der Waals surface area contributed by atoms with Gasteiger partial charge >= 0.3 is 0 Å². The topological polar surface area (TPSA) is 21.3 Å². The molecule has 0 heterocycles. The highest BCUT2D eigenvalue weighted by atomic mass is 79.9. The standard InChI is InChI=1S/C15H22BrNO/c1-17-14(11-15(18-2)8-3-9-15)10-12-4-6-13(16)7-5-12/h4-7,14,17H,3,8-11H2,1-2H3. The van der Waals surface area contributed by atoms with E-state index in [1.165, 1.54) is 24.8 Å². The highest BCUT2D eigenvalue weighted by Crippen LogP contribution is 2.39. The Hall–Kier alpha value is -0.380. The Bertz CT molecular complexity index is 367. The number of ether oxygens (including phenoxy) is 1. The molecule has 1 aliphatic rings. The van der Waals surface area contributed by atoms with Crippen LogP contribution in [0, 0.1) is 0 Å². The predicted molar refractivity (Wildman–Crippen MR) is 78.9 cm³/mol. The third-order valence-corrected chi connectivity index (χ3v) is 4.65. The van der Waals surface area contributed by atoms with Crippen LogP contribution in [-0.2, 0) is 11.2 Å². The molecule has 1 aromatic carbocycles. The molecule has 1 unspecified atom stereocenters.